The third-order valence-electron chi connectivity index (χ3n) is 4.61. The van der Waals surface area contributed by atoms with Gasteiger partial charge in [0.1, 0.15) is 24.3 Å². The molecule has 0 aliphatic carbocycles. The third-order valence-corrected chi connectivity index (χ3v) is 4.61. The molecule has 0 amide bonds. The molecule has 4 aromatic rings. The second-order valence-electron chi connectivity index (χ2n) is 6.18. The number of pyridine rings is 1. The van der Waals surface area contributed by atoms with Crippen molar-refractivity contribution in [1.29, 1.82) is 5.26 Å². The molecule has 0 aliphatic heterocycles. The molecule has 0 fully saturated rings. The van der Waals surface area contributed by atoms with E-state index in [1.165, 1.54) is 0 Å². The van der Waals surface area contributed by atoms with Crippen molar-refractivity contribution < 1.29 is 8.98 Å². The third kappa shape index (κ3) is 1.93. The summed E-state index contributed by atoms with van der Waals surface area (Å²) in [5.74, 6) is 0. The average Bonchev–Trinajstić information content (AvgIpc) is 2.94. The first-order valence-corrected chi connectivity index (χ1v) is 7.92. The maximum atomic E-state index is 9.87. The minimum Gasteiger partial charge on any atom is -0.454 e. The van der Waals surface area contributed by atoms with E-state index < -0.39 is 0 Å². The summed E-state index contributed by atoms with van der Waals surface area (Å²) in [5, 5.41) is 11.9. The average molecular weight is 313 g/mol. The largest absolute Gasteiger partial charge is 0.454 e. The summed E-state index contributed by atoms with van der Waals surface area (Å²) < 4.78 is 8.16. The van der Waals surface area contributed by atoms with Crippen molar-refractivity contribution in [2.75, 3.05) is 0 Å². The van der Waals surface area contributed by atoms with Crippen LogP contribution in [0.25, 0.3) is 33.2 Å². The molecule has 0 atom stereocenters. The van der Waals surface area contributed by atoms with E-state index >= 15 is 0 Å². The van der Waals surface area contributed by atoms with Crippen LogP contribution in [0.3, 0.4) is 0 Å². The summed E-state index contributed by atoms with van der Waals surface area (Å²) in [6.45, 7) is 4.08. The quantitative estimate of drug-likeness (QED) is 0.483. The Morgan fingerprint density at radius 1 is 0.958 bits per heavy atom. The molecule has 0 saturated carbocycles. The smallest absolute Gasteiger partial charge is 0.214 e. The lowest BCUT2D eigenvalue weighted by molar-refractivity contribution is -0.660. The minimum absolute atomic E-state index is 0.599. The van der Waals surface area contributed by atoms with E-state index in [1.807, 2.05) is 55.1 Å². The molecule has 116 valence electrons. The Labute approximate surface area is 140 Å². The lowest BCUT2D eigenvalue weighted by Gasteiger charge is -2.07. The number of hydrogen-bond donors (Lipinski definition) is 0. The number of hydrogen-bond acceptors (Lipinski definition) is 2. The number of benzene rings is 2. The zero-order valence-corrected chi connectivity index (χ0v) is 13.9. The maximum absolute atomic E-state index is 9.87. The van der Waals surface area contributed by atoms with Gasteiger partial charge in [-0.25, -0.2) is 4.57 Å². The molecule has 0 bridgehead atoms. The number of fused-ring (bicyclic) bond motifs is 3. The molecule has 4 rings (SSSR count). The van der Waals surface area contributed by atoms with E-state index in [4.69, 9.17) is 4.42 Å². The van der Waals surface area contributed by atoms with Gasteiger partial charge in [0, 0.05) is 22.9 Å². The highest BCUT2D eigenvalue weighted by atomic mass is 16.3. The standard InChI is InChI=1S/C21H17N2O/c1-13-7-6-8-15-16-11-14(2)19(18-9-4-5-10-23(18)3)17(12-22)21(16)24-20(13)15/h4-11H,1-3H3/q+1. The van der Waals surface area contributed by atoms with Gasteiger partial charge in [0.05, 0.1) is 5.56 Å². The van der Waals surface area contributed by atoms with Crippen LogP contribution in [0.15, 0.2) is 53.1 Å². The molecule has 0 unspecified atom stereocenters. The molecule has 0 saturated heterocycles. The van der Waals surface area contributed by atoms with Gasteiger partial charge in [-0.05, 0) is 37.1 Å². The summed E-state index contributed by atoms with van der Waals surface area (Å²) in [6, 6.07) is 16.6. The first-order valence-electron chi connectivity index (χ1n) is 7.92. The Morgan fingerprint density at radius 2 is 1.79 bits per heavy atom. The number of nitriles is 1. The Morgan fingerprint density at radius 3 is 2.54 bits per heavy atom. The topological polar surface area (TPSA) is 40.8 Å². The van der Waals surface area contributed by atoms with Gasteiger partial charge in [-0.2, -0.15) is 5.26 Å². The minimum atomic E-state index is 0.599. The van der Waals surface area contributed by atoms with Crippen LogP contribution in [0.5, 0.6) is 0 Å². The maximum Gasteiger partial charge on any atom is 0.214 e. The fraction of sp³-hybridized carbons (Fsp3) is 0.143. The highest BCUT2D eigenvalue weighted by Gasteiger charge is 2.22. The van der Waals surface area contributed by atoms with Crippen molar-refractivity contribution in [3.8, 4) is 17.3 Å². The van der Waals surface area contributed by atoms with Gasteiger partial charge in [0.25, 0.3) is 0 Å². The van der Waals surface area contributed by atoms with E-state index in [-0.39, 0.29) is 0 Å². The summed E-state index contributed by atoms with van der Waals surface area (Å²) in [5.41, 5.74) is 6.23. The molecule has 0 N–H and O–H groups in total. The Bertz CT molecular complexity index is 1150. The Balaban J connectivity index is 2.20. The van der Waals surface area contributed by atoms with Gasteiger partial charge in [0.2, 0.25) is 5.69 Å². The van der Waals surface area contributed by atoms with Gasteiger partial charge in [-0.1, -0.05) is 18.2 Å². The number of rotatable bonds is 1. The Hall–Kier alpha value is -3.12. The fourth-order valence-corrected chi connectivity index (χ4v) is 3.43. The first-order chi connectivity index (χ1) is 11.6. The van der Waals surface area contributed by atoms with Crippen molar-refractivity contribution in [3.05, 3.63) is 65.4 Å². The number of furan rings is 1. The zero-order chi connectivity index (χ0) is 16.8. The number of para-hydroxylation sites is 1. The van der Waals surface area contributed by atoms with Crippen LogP contribution < -0.4 is 4.57 Å². The normalized spacial score (nSPS) is 11.1. The number of aromatic nitrogens is 1. The van der Waals surface area contributed by atoms with E-state index in [1.54, 1.807) is 0 Å². The van der Waals surface area contributed by atoms with Crippen LogP contribution in [0.4, 0.5) is 0 Å². The van der Waals surface area contributed by atoms with E-state index in [0.29, 0.717) is 11.1 Å². The lowest BCUT2D eigenvalue weighted by atomic mass is 9.95. The van der Waals surface area contributed by atoms with Crippen molar-refractivity contribution in [2.24, 2.45) is 7.05 Å². The predicted molar refractivity (Wildman–Crippen MR) is 94.5 cm³/mol. The van der Waals surface area contributed by atoms with E-state index in [9.17, 15) is 5.26 Å². The van der Waals surface area contributed by atoms with Crippen LogP contribution >= 0.6 is 0 Å². The van der Waals surface area contributed by atoms with Gasteiger partial charge >= 0.3 is 0 Å². The Kier molecular flexibility index (Phi) is 3.14. The molecule has 24 heavy (non-hydrogen) atoms. The summed E-state index contributed by atoms with van der Waals surface area (Å²) in [6.07, 6.45) is 1.99. The molecule has 3 nitrogen and oxygen atoms in total. The van der Waals surface area contributed by atoms with Crippen LogP contribution in [0.1, 0.15) is 16.7 Å². The van der Waals surface area contributed by atoms with E-state index in [2.05, 4.69) is 25.1 Å². The summed E-state index contributed by atoms with van der Waals surface area (Å²) >= 11 is 0. The summed E-state index contributed by atoms with van der Waals surface area (Å²) in [4.78, 5) is 0. The molecule has 0 spiro atoms. The number of nitrogens with zero attached hydrogens (tertiary/aromatic N) is 2. The van der Waals surface area contributed by atoms with Gasteiger partial charge in [-0.15, -0.1) is 0 Å². The van der Waals surface area contributed by atoms with Gasteiger partial charge < -0.3 is 4.42 Å². The molecular formula is C21H17N2O+. The second kappa shape index (κ2) is 5.21. The van der Waals surface area contributed by atoms with Crippen molar-refractivity contribution in [1.82, 2.24) is 0 Å². The fourth-order valence-electron chi connectivity index (χ4n) is 3.43. The highest BCUT2D eigenvalue weighted by Crippen LogP contribution is 2.38. The van der Waals surface area contributed by atoms with E-state index in [0.717, 1.165) is 38.7 Å². The molecule has 0 aliphatic rings. The monoisotopic (exact) mass is 313 g/mol. The predicted octanol–water partition coefficient (Wildman–Crippen LogP) is 4.57. The van der Waals surface area contributed by atoms with Crippen LogP contribution in [0.2, 0.25) is 0 Å². The van der Waals surface area contributed by atoms with Crippen molar-refractivity contribution in [2.45, 2.75) is 13.8 Å². The van der Waals surface area contributed by atoms with Crippen LogP contribution in [-0.2, 0) is 7.05 Å². The van der Waals surface area contributed by atoms with Crippen LogP contribution in [0, 0.1) is 25.2 Å². The molecular weight excluding hydrogens is 296 g/mol. The van der Waals surface area contributed by atoms with Crippen molar-refractivity contribution >= 4 is 21.9 Å². The zero-order valence-electron chi connectivity index (χ0n) is 13.9. The molecule has 2 aromatic heterocycles. The van der Waals surface area contributed by atoms with Gasteiger partial charge in [0.15, 0.2) is 11.8 Å². The molecule has 0 radical (unpaired) electrons. The SMILES string of the molecule is Cc1cc2c(oc3c(C)cccc32)c(C#N)c1-c1cccc[n+]1C. The molecule has 2 heterocycles. The first kappa shape index (κ1) is 14.5. The summed E-state index contributed by atoms with van der Waals surface area (Å²) in [7, 11) is 1.99. The van der Waals surface area contributed by atoms with Crippen LogP contribution in [-0.4, -0.2) is 0 Å². The number of aryl methyl sites for hydroxylation is 3. The lowest BCUT2D eigenvalue weighted by Crippen LogP contribution is -2.30. The highest BCUT2D eigenvalue weighted by molar-refractivity contribution is 6.09. The molecule has 2 aromatic carbocycles. The van der Waals surface area contributed by atoms with Crippen molar-refractivity contribution in [3.63, 3.8) is 0 Å². The second-order valence-corrected chi connectivity index (χ2v) is 6.18. The van der Waals surface area contributed by atoms with Gasteiger partial charge in [-0.3, -0.25) is 0 Å². The molecule has 3 heteroatoms.